The minimum atomic E-state index is -1.32. The van der Waals surface area contributed by atoms with Gasteiger partial charge in [0.1, 0.15) is 12.1 Å². The summed E-state index contributed by atoms with van der Waals surface area (Å²) in [6.45, 7) is 0.342. The topological polar surface area (TPSA) is 94.2 Å². The van der Waals surface area contributed by atoms with E-state index in [9.17, 15) is 15.0 Å². The summed E-state index contributed by atoms with van der Waals surface area (Å²) >= 11 is 0. The van der Waals surface area contributed by atoms with Gasteiger partial charge < -0.3 is 15.1 Å². The van der Waals surface area contributed by atoms with Gasteiger partial charge in [-0.05, 0) is 37.2 Å². The number of aliphatic hydroxyl groups excluding tert-OH is 2. The molecular formula is C28H27N5O3. The zero-order chi connectivity index (χ0) is 24.8. The third-order valence-corrected chi connectivity index (χ3v) is 6.89. The Labute approximate surface area is 209 Å². The second-order valence-corrected chi connectivity index (χ2v) is 9.85. The summed E-state index contributed by atoms with van der Waals surface area (Å²) in [5.74, 6) is 13.3. The number of hydrogen-bond acceptors (Lipinski definition) is 6. The van der Waals surface area contributed by atoms with Gasteiger partial charge in [-0.3, -0.25) is 9.48 Å². The average Bonchev–Trinajstić information content (AvgIpc) is 3.82. The number of likely N-dealkylation sites (N-methyl/N-ethyl adjacent to an activating group) is 1. The van der Waals surface area contributed by atoms with E-state index < -0.39 is 17.9 Å². The van der Waals surface area contributed by atoms with Gasteiger partial charge >= 0.3 is 0 Å². The molecule has 8 heteroatoms. The molecule has 8 nitrogen and oxygen atoms in total. The van der Waals surface area contributed by atoms with Gasteiger partial charge in [0.05, 0.1) is 17.8 Å². The van der Waals surface area contributed by atoms with Gasteiger partial charge in [-0.15, -0.1) is 0 Å². The van der Waals surface area contributed by atoms with Crippen LogP contribution in [-0.2, 0) is 4.79 Å². The summed E-state index contributed by atoms with van der Waals surface area (Å²) < 4.78 is 1.87. The van der Waals surface area contributed by atoms with Gasteiger partial charge in [0.25, 0.3) is 5.91 Å². The van der Waals surface area contributed by atoms with Gasteiger partial charge in [0.15, 0.2) is 17.2 Å². The lowest BCUT2D eigenvalue weighted by Crippen LogP contribution is -2.56. The molecule has 4 aliphatic rings. The van der Waals surface area contributed by atoms with Crippen molar-refractivity contribution in [2.75, 3.05) is 13.6 Å². The molecular weight excluding hydrogens is 454 g/mol. The van der Waals surface area contributed by atoms with Crippen molar-refractivity contribution in [1.82, 2.24) is 19.7 Å². The van der Waals surface area contributed by atoms with E-state index >= 15 is 0 Å². The van der Waals surface area contributed by atoms with Gasteiger partial charge in [0, 0.05) is 31.6 Å². The van der Waals surface area contributed by atoms with Crippen LogP contribution in [0.15, 0.2) is 53.1 Å². The van der Waals surface area contributed by atoms with Gasteiger partial charge in [0.2, 0.25) is 0 Å². The first-order valence-corrected chi connectivity index (χ1v) is 12.4. The van der Waals surface area contributed by atoms with E-state index in [-0.39, 0.29) is 17.6 Å². The molecule has 2 saturated carbocycles. The fraction of sp³-hybridized carbons (Fsp3) is 0.393. The van der Waals surface area contributed by atoms with Crippen molar-refractivity contribution in [3.05, 3.63) is 64.8 Å². The molecule has 1 amide bonds. The second kappa shape index (κ2) is 8.89. The van der Waals surface area contributed by atoms with Crippen LogP contribution >= 0.6 is 0 Å². The smallest absolute Gasteiger partial charge is 0.275 e. The van der Waals surface area contributed by atoms with Gasteiger partial charge in [-0.2, -0.15) is 10.2 Å². The highest BCUT2D eigenvalue weighted by Gasteiger charge is 2.44. The predicted octanol–water partition coefficient (Wildman–Crippen LogP) is 2.27. The highest BCUT2D eigenvalue weighted by atomic mass is 16.3. The largest absolute Gasteiger partial charge is 0.507 e. The molecule has 0 spiro atoms. The molecule has 1 aromatic heterocycles. The number of aliphatic hydroxyl groups is 2. The summed E-state index contributed by atoms with van der Waals surface area (Å²) in [5.41, 5.74) is 2.41. The Hall–Kier alpha value is -4.01. The molecule has 36 heavy (non-hydrogen) atoms. The molecule has 2 aliphatic carbocycles. The van der Waals surface area contributed by atoms with Crippen molar-refractivity contribution in [2.24, 2.45) is 16.9 Å². The first kappa shape index (κ1) is 22.5. The first-order valence-electron chi connectivity index (χ1n) is 12.4. The Morgan fingerprint density at radius 2 is 1.75 bits per heavy atom. The number of hydrogen-bond donors (Lipinski definition) is 2. The van der Waals surface area contributed by atoms with Crippen molar-refractivity contribution in [2.45, 2.75) is 43.9 Å². The lowest BCUT2D eigenvalue weighted by Gasteiger charge is -2.44. The molecule has 182 valence electrons. The molecule has 3 unspecified atom stereocenters. The van der Waals surface area contributed by atoms with E-state index in [1.807, 2.05) is 41.2 Å². The van der Waals surface area contributed by atoms with E-state index in [1.54, 1.807) is 11.9 Å². The minimum Gasteiger partial charge on any atom is -0.507 e. The number of rotatable bonds is 3. The normalized spacial score (nSPS) is 24.0. The van der Waals surface area contributed by atoms with Gasteiger partial charge in [-0.25, -0.2) is 5.01 Å². The standard InChI is InChI=1S/C28H27N5O3/c1-31-17-23(33-26(28(31)36)27(35)24(34)15-29-33)25(20-5-3-2-4-6-20)32-16-21(13-11-18-7-8-18)22(30-32)14-12-19-9-10-19/h2-6,15-16,18-19,23-25,34-35H,7-10,17H2,1H3. The number of fused-ring (bicyclic) bond motifs is 1. The van der Waals surface area contributed by atoms with Crippen LogP contribution in [0.2, 0.25) is 0 Å². The first-order chi connectivity index (χ1) is 17.5. The Morgan fingerprint density at radius 3 is 2.44 bits per heavy atom. The molecule has 1 aromatic carbocycles. The van der Waals surface area contributed by atoms with E-state index in [4.69, 9.17) is 5.10 Å². The van der Waals surface area contributed by atoms with E-state index in [1.165, 1.54) is 11.2 Å². The van der Waals surface area contributed by atoms with E-state index in [0.717, 1.165) is 36.8 Å². The number of aromatic nitrogens is 2. The maximum Gasteiger partial charge on any atom is 0.275 e. The van der Waals surface area contributed by atoms with Crippen LogP contribution in [0.1, 0.15) is 48.5 Å². The number of piperazine rings is 1. The molecule has 0 radical (unpaired) electrons. The maximum absolute atomic E-state index is 12.9. The lowest BCUT2D eigenvalue weighted by molar-refractivity contribution is -0.133. The van der Waals surface area contributed by atoms with Crippen molar-refractivity contribution in [3.63, 3.8) is 0 Å². The Bertz CT molecular complexity index is 1330. The quantitative estimate of drug-likeness (QED) is 0.656. The van der Waals surface area contributed by atoms with Crippen LogP contribution < -0.4 is 0 Å². The fourth-order valence-electron chi connectivity index (χ4n) is 4.56. The molecule has 3 atom stereocenters. The highest BCUT2D eigenvalue weighted by molar-refractivity contribution is 5.95. The van der Waals surface area contributed by atoms with Crippen LogP contribution in [0.3, 0.4) is 0 Å². The van der Waals surface area contributed by atoms with Crippen LogP contribution in [-0.4, -0.2) is 67.8 Å². The number of hydrazone groups is 1. The summed E-state index contributed by atoms with van der Waals surface area (Å²) in [5, 5.41) is 31.5. The average molecular weight is 482 g/mol. The Morgan fingerprint density at radius 1 is 1.06 bits per heavy atom. The van der Waals surface area contributed by atoms with Crippen LogP contribution in [0.5, 0.6) is 0 Å². The number of carbonyl (C=O) groups excluding carboxylic acids is 1. The Balaban J connectivity index is 1.47. The predicted molar refractivity (Wildman–Crippen MR) is 133 cm³/mol. The van der Waals surface area contributed by atoms with Crippen LogP contribution in [0.4, 0.5) is 0 Å². The number of benzene rings is 1. The lowest BCUT2D eigenvalue weighted by atomic mass is 9.95. The molecule has 2 aromatic rings. The monoisotopic (exact) mass is 481 g/mol. The molecule has 6 rings (SSSR count). The van der Waals surface area contributed by atoms with Crippen molar-refractivity contribution >= 4 is 12.1 Å². The van der Waals surface area contributed by atoms with Crippen LogP contribution in [0.25, 0.3) is 0 Å². The summed E-state index contributed by atoms with van der Waals surface area (Å²) in [7, 11) is 1.68. The highest BCUT2D eigenvalue weighted by Crippen LogP contribution is 2.35. The Kier molecular flexibility index (Phi) is 5.55. The number of amides is 1. The molecule has 1 saturated heterocycles. The molecule has 0 bridgehead atoms. The molecule has 2 N–H and O–H groups in total. The van der Waals surface area contributed by atoms with E-state index in [0.29, 0.717) is 24.1 Å². The third-order valence-electron chi connectivity index (χ3n) is 6.89. The second-order valence-electron chi connectivity index (χ2n) is 9.85. The number of nitrogens with zero attached hydrogens (tertiary/aromatic N) is 5. The van der Waals surface area contributed by atoms with E-state index in [2.05, 4.69) is 28.8 Å². The van der Waals surface area contributed by atoms with Crippen molar-refractivity contribution in [3.8, 4) is 23.7 Å². The summed E-state index contributed by atoms with van der Waals surface area (Å²) in [6, 6.07) is 9.13. The third kappa shape index (κ3) is 4.25. The summed E-state index contributed by atoms with van der Waals surface area (Å²) in [4.78, 5) is 14.5. The van der Waals surface area contributed by atoms with Crippen molar-refractivity contribution in [1.29, 1.82) is 0 Å². The van der Waals surface area contributed by atoms with Crippen LogP contribution in [0, 0.1) is 35.5 Å². The summed E-state index contributed by atoms with van der Waals surface area (Å²) in [6.07, 6.45) is 6.39. The minimum absolute atomic E-state index is 0.0145. The number of carbonyl (C=O) groups is 1. The molecule has 2 aliphatic heterocycles. The van der Waals surface area contributed by atoms with Gasteiger partial charge in [-0.1, -0.05) is 48.1 Å². The SMILES string of the molecule is CN1CC(C(c2ccccc2)n2cc(C#CC3CC3)c(C#CC3CC3)n2)N2N=CC(O)C(O)=C2C1=O. The van der Waals surface area contributed by atoms with Crippen molar-refractivity contribution < 1.29 is 15.0 Å². The zero-order valence-corrected chi connectivity index (χ0v) is 20.0. The zero-order valence-electron chi connectivity index (χ0n) is 20.0. The maximum atomic E-state index is 12.9. The fourth-order valence-corrected chi connectivity index (χ4v) is 4.56. The molecule has 3 fully saturated rings. The molecule has 3 heterocycles.